The molecule has 1 unspecified atom stereocenters. The van der Waals surface area contributed by atoms with Crippen LogP contribution in [0.15, 0.2) is 12.1 Å². The molecule has 0 spiro atoms. The maximum absolute atomic E-state index is 11.0. The molecule has 0 bridgehead atoms. The van der Waals surface area contributed by atoms with Gasteiger partial charge in [-0.2, -0.15) is 0 Å². The number of aromatic nitrogens is 1. The van der Waals surface area contributed by atoms with Crippen LogP contribution < -0.4 is 5.32 Å². The molecule has 1 aromatic rings. The number of hydrogen-bond acceptors (Lipinski definition) is 4. The molecule has 0 radical (unpaired) electrons. The molecule has 0 amide bonds. The Balaban J connectivity index is 2.00. The van der Waals surface area contributed by atoms with Crippen molar-refractivity contribution >= 4 is 5.97 Å². The lowest BCUT2D eigenvalue weighted by Crippen LogP contribution is -2.38. The summed E-state index contributed by atoms with van der Waals surface area (Å²) in [7, 11) is 0. The Morgan fingerprint density at radius 3 is 2.88 bits per heavy atom. The fourth-order valence-corrected chi connectivity index (χ4v) is 1.83. The van der Waals surface area contributed by atoms with Gasteiger partial charge in [0.1, 0.15) is 11.8 Å². The standard InChI is InChI=1S/C12H16N2O3/c1-7-2-5-10(15)9(14-7)6-13-11(12(16)17)8-3-4-8/h2,5,8,11,13,15H,3-4,6H2,1H3,(H,16,17). The summed E-state index contributed by atoms with van der Waals surface area (Å²) in [6.45, 7) is 2.11. The number of carbonyl (C=O) groups is 1. The monoisotopic (exact) mass is 236 g/mol. The number of rotatable bonds is 5. The second-order valence-electron chi connectivity index (χ2n) is 4.45. The van der Waals surface area contributed by atoms with Crippen molar-refractivity contribution in [2.75, 3.05) is 0 Å². The van der Waals surface area contributed by atoms with E-state index in [0.29, 0.717) is 5.69 Å². The van der Waals surface area contributed by atoms with E-state index in [2.05, 4.69) is 10.3 Å². The Morgan fingerprint density at radius 1 is 1.59 bits per heavy atom. The lowest BCUT2D eigenvalue weighted by molar-refractivity contribution is -0.140. The van der Waals surface area contributed by atoms with Crippen LogP contribution in [0.1, 0.15) is 24.2 Å². The summed E-state index contributed by atoms with van der Waals surface area (Å²) in [5, 5.41) is 21.6. The van der Waals surface area contributed by atoms with Crippen LogP contribution in [0.2, 0.25) is 0 Å². The molecule has 5 heteroatoms. The van der Waals surface area contributed by atoms with Gasteiger partial charge in [0, 0.05) is 12.2 Å². The van der Waals surface area contributed by atoms with Crippen LogP contribution in [0.3, 0.4) is 0 Å². The van der Waals surface area contributed by atoms with E-state index in [9.17, 15) is 9.90 Å². The Labute approximate surface area is 99.5 Å². The number of hydrogen-bond donors (Lipinski definition) is 3. The zero-order valence-electron chi connectivity index (χ0n) is 9.68. The molecule has 1 aliphatic rings. The van der Waals surface area contributed by atoms with Crippen molar-refractivity contribution in [2.45, 2.75) is 32.4 Å². The maximum atomic E-state index is 11.0. The van der Waals surface area contributed by atoms with Crippen molar-refractivity contribution in [3.63, 3.8) is 0 Å². The molecule has 1 saturated carbocycles. The molecule has 0 aliphatic heterocycles. The minimum absolute atomic E-state index is 0.100. The van der Waals surface area contributed by atoms with Crippen LogP contribution in [-0.2, 0) is 11.3 Å². The summed E-state index contributed by atoms with van der Waals surface area (Å²) < 4.78 is 0. The highest BCUT2D eigenvalue weighted by molar-refractivity contribution is 5.74. The van der Waals surface area contributed by atoms with E-state index in [1.54, 1.807) is 12.1 Å². The van der Waals surface area contributed by atoms with Gasteiger partial charge in [-0.3, -0.25) is 15.1 Å². The number of pyridine rings is 1. The number of carboxylic acids is 1. The minimum Gasteiger partial charge on any atom is -0.506 e. The normalized spacial score (nSPS) is 16.8. The second kappa shape index (κ2) is 4.71. The van der Waals surface area contributed by atoms with Gasteiger partial charge < -0.3 is 10.2 Å². The van der Waals surface area contributed by atoms with Crippen LogP contribution >= 0.6 is 0 Å². The van der Waals surface area contributed by atoms with Crippen molar-refractivity contribution in [2.24, 2.45) is 5.92 Å². The van der Waals surface area contributed by atoms with E-state index in [1.165, 1.54) is 0 Å². The molecule has 1 atom stereocenters. The Hall–Kier alpha value is -1.62. The molecule has 2 rings (SSSR count). The molecule has 5 nitrogen and oxygen atoms in total. The van der Waals surface area contributed by atoms with Gasteiger partial charge in [-0.25, -0.2) is 0 Å². The zero-order valence-corrected chi connectivity index (χ0v) is 9.68. The molecule has 1 fully saturated rings. The number of nitrogens with zero attached hydrogens (tertiary/aromatic N) is 1. The predicted molar refractivity (Wildman–Crippen MR) is 61.6 cm³/mol. The van der Waals surface area contributed by atoms with Crippen molar-refractivity contribution < 1.29 is 15.0 Å². The largest absolute Gasteiger partial charge is 0.506 e. The number of nitrogens with one attached hydrogen (secondary N) is 1. The SMILES string of the molecule is Cc1ccc(O)c(CNC(C(=O)O)C2CC2)n1. The van der Waals surface area contributed by atoms with E-state index >= 15 is 0 Å². The Bertz CT molecular complexity index is 430. The predicted octanol–water partition coefficient (Wildman–Crippen LogP) is 1.05. The van der Waals surface area contributed by atoms with Crippen LogP contribution in [0.4, 0.5) is 0 Å². The highest BCUT2D eigenvalue weighted by Crippen LogP contribution is 2.33. The first kappa shape index (κ1) is 11.9. The van der Waals surface area contributed by atoms with Gasteiger partial charge >= 0.3 is 5.97 Å². The van der Waals surface area contributed by atoms with Crippen LogP contribution in [0.5, 0.6) is 5.75 Å². The fourth-order valence-electron chi connectivity index (χ4n) is 1.83. The molecule has 17 heavy (non-hydrogen) atoms. The van der Waals surface area contributed by atoms with Crippen molar-refractivity contribution in [1.29, 1.82) is 0 Å². The molecule has 1 aromatic heterocycles. The van der Waals surface area contributed by atoms with E-state index in [0.717, 1.165) is 18.5 Å². The van der Waals surface area contributed by atoms with Crippen molar-refractivity contribution in [3.05, 3.63) is 23.5 Å². The third kappa shape index (κ3) is 2.94. The molecular formula is C12H16N2O3. The van der Waals surface area contributed by atoms with E-state index < -0.39 is 12.0 Å². The Morgan fingerprint density at radius 2 is 2.29 bits per heavy atom. The number of aryl methyl sites for hydroxylation is 1. The third-order valence-electron chi connectivity index (χ3n) is 2.94. The van der Waals surface area contributed by atoms with Gasteiger partial charge in [-0.05, 0) is 37.8 Å². The highest BCUT2D eigenvalue weighted by Gasteiger charge is 2.35. The Kier molecular flexibility index (Phi) is 3.28. The number of aliphatic carboxylic acids is 1. The molecule has 0 aromatic carbocycles. The van der Waals surface area contributed by atoms with Crippen LogP contribution in [0, 0.1) is 12.8 Å². The number of aromatic hydroxyl groups is 1. The van der Waals surface area contributed by atoms with E-state index in [-0.39, 0.29) is 18.2 Å². The first-order valence-electron chi connectivity index (χ1n) is 5.69. The summed E-state index contributed by atoms with van der Waals surface area (Å²) >= 11 is 0. The molecule has 92 valence electrons. The minimum atomic E-state index is -0.834. The van der Waals surface area contributed by atoms with Crippen LogP contribution in [-0.4, -0.2) is 27.2 Å². The topological polar surface area (TPSA) is 82.5 Å². The summed E-state index contributed by atoms with van der Waals surface area (Å²) in [4.78, 5) is 15.2. The first-order valence-corrected chi connectivity index (χ1v) is 5.69. The second-order valence-corrected chi connectivity index (χ2v) is 4.45. The summed E-state index contributed by atoms with van der Waals surface area (Å²) in [6, 6.07) is 2.76. The molecule has 0 saturated heterocycles. The molecule has 3 N–H and O–H groups in total. The van der Waals surface area contributed by atoms with Crippen molar-refractivity contribution in [1.82, 2.24) is 10.3 Å². The van der Waals surface area contributed by atoms with Crippen molar-refractivity contribution in [3.8, 4) is 5.75 Å². The smallest absolute Gasteiger partial charge is 0.320 e. The maximum Gasteiger partial charge on any atom is 0.320 e. The van der Waals surface area contributed by atoms with Gasteiger partial charge in [0.2, 0.25) is 0 Å². The molecule has 1 aliphatic carbocycles. The molecule has 1 heterocycles. The van der Waals surface area contributed by atoms with E-state index in [4.69, 9.17) is 5.11 Å². The van der Waals surface area contributed by atoms with Gasteiger partial charge in [0.05, 0.1) is 5.69 Å². The lowest BCUT2D eigenvalue weighted by atomic mass is 10.2. The number of carboxylic acid groups (broad SMARTS) is 1. The van der Waals surface area contributed by atoms with E-state index in [1.807, 2.05) is 6.92 Å². The average Bonchev–Trinajstić information content (AvgIpc) is 3.07. The van der Waals surface area contributed by atoms with Gasteiger partial charge in [-0.15, -0.1) is 0 Å². The fraction of sp³-hybridized carbons (Fsp3) is 0.500. The first-order chi connectivity index (χ1) is 8.08. The van der Waals surface area contributed by atoms with Crippen LogP contribution in [0.25, 0.3) is 0 Å². The zero-order chi connectivity index (χ0) is 12.4. The highest BCUT2D eigenvalue weighted by atomic mass is 16.4. The third-order valence-corrected chi connectivity index (χ3v) is 2.94. The van der Waals surface area contributed by atoms with Gasteiger partial charge in [-0.1, -0.05) is 0 Å². The van der Waals surface area contributed by atoms with Gasteiger partial charge in [0.15, 0.2) is 0 Å². The summed E-state index contributed by atoms with van der Waals surface area (Å²) in [5.41, 5.74) is 1.30. The lowest BCUT2D eigenvalue weighted by Gasteiger charge is -2.13. The average molecular weight is 236 g/mol. The van der Waals surface area contributed by atoms with Gasteiger partial charge in [0.25, 0.3) is 0 Å². The summed E-state index contributed by atoms with van der Waals surface area (Å²) in [6.07, 6.45) is 1.91. The molecular weight excluding hydrogens is 220 g/mol. The quantitative estimate of drug-likeness (QED) is 0.711. The summed E-state index contributed by atoms with van der Waals surface area (Å²) in [5.74, 6) is -0.512.